The summed E-state index contributed by atoms with van der Waals surface area (Å²) in [5, 5.41) is 6.46. The van der Waals surface area contributed by atoms with Gasteiger partial charge in [0, 0.05) is 27.2 Å². The highest BCUT2D eigenvalue weighted by molar-refractivity contribution is 5.79. The normalized spacial score (nSPS) is 11.2. The van der Waals surface area contributed by atoms with E-state index in [4.69, 9.17) is 9.47 Å². The Bertz CT molecular complexity index is 630. The average Bonchev–Trinajstić information content (AvgIpc) is 2.64. The summed E-state index contributed by atoms with van der Waals surface area (Å²) >= 11 is 0. The van der Waals surface area contributed by atoms with Gasteiger partial charge < -0.3 is 20.1 Å². The number of methoxy groups -OCH3 is 1. The Balaban J connectivity index is 1.83. The maximum absolute atomic E-state index is 5.86. The molecule has 0 amide bonds. The first-order valence-electron chi connectivity index (χ1n) is 8.01. The van der Waals surface area contributed by atoms with Crippen molar-refractivity contribution in [1.29, 1.82) is 0 Å². The first kappa shape index (κ1) is 17.8. The third-order valence-corrected chi connectivity index (χ3v) is 3.43. The average molecular weight is 327 g/mol. The summed E-state index contributed by atoms with van der Waals surface area (Å²) in [5.41, 5.74) is 2.29. The third kappa shape index (κ3) is 6.30. The zero-order valence-corrected chi connectivity index (χ0v) is 14.3. The van der Waals surface area contributed by atoms with Gasteiger partial charge in [-0.2, -0.15) is 0 Å². The maximum Gasteiger partial charge on any atom is 0.191 e. The number of benzene rings is 2. The molecule has 0 saturated carbocycles. The Labute approximate surface area is 143 Å². The van der Waals surface area contributed by atoms with Gasteiger partial charge in [-0.05, 0) is 23.3 Å². The second-order valence-electron chi connectivity index (χ2n) is 5.27. The molecule has 0 spiro atoms. The zero-order valence-electron chi connectivity index (χ0n) is 14.3. The van der Waals surface area contributed by atoms with Crippen molar-refractivity contribution in [2.45, 2.75) is 13.2 Å². The van der Waals surface area contributed by atoms with Crippen LogP contribution in [0, 0.1) is 0 Å². The number of aliphatic imine (C=N–C) groups is 1. The van der Waals surface area contributed by atoms with Gasteiger partial charge in [-0.1, -0.05) is 42.5 Å². The highest BCUT2D eigenvalue weighted by Gasteiger charge is 2.01. The van der Waals surface area contributed by atoms with Crippen molar-refractivity contribution in [3.63, 3.8) is 0 Å². The third-order valence-electron chi connectivity index (χ3n) is 3.43. The molecule has 0 aliphatic carbocycles. The largest absolute Gasteiger partial charge is 0.489 e. The molecular formula is C19H25N3O2. The SMILES string of the molecule is CN=C(NCCOC)NCc1cccc(OCc2ccccc2)c1. The molecule has 5 nitrogen and oxygen atoms in total. The van der Waals surface area contributed by atoms with Crippen molar-refractivity contribution in [3.05, 3.63) is 65.7 Å². The zero-order chi connectivity index (χ0) is 17.0. The maximum atomic E-state index is 5.86. The second kappa shape index (κ2) is 10.3. The molecule has 2 N–H and O–H groups in total. The van der Waals surface area contributed by atoms with Crippen molar-refractivity contribution in [2.75, 3.05) is 27.3 Å². The number of nitrogens with zero attached hydrogens (tertiary/aromatic N) is 1. The van der Waals surface area contributed by atoms with Crippen LogP contribution in [0.3, 0.4) is 0 Å². The minimum absolute atomic E-state index is 0.567. The molecule has 0 radical (unpaired) electrons. The van der Waals surface area contributed by atoms with Gasteiger partial charge in [0.05, 0.1) is 6.61 Å². The van der Waals surface area contributed by atoms with Gasteiger partial charge in [0.2, 0.25) is 0 Å². The lowest BCUT2D eigenvalue weighted by Gasteiger charge is -2.12. The smallest absolute Gasteiger partial charge is 0.191 e. The molecule has 0 bridgehead atoms. The van der Waals surface area contributed by atoms with E-state index in [0.29, 0.717) is 19.8 Å². The summed E-state index contributed by atoms with van der Waals surface area (Å²) in [6, 6.07) is 18.2. The molecular weight excluding hydrogens is 302 g/mol. The van der Waals surface area contributed by atoms with Crippen molar-refractivity contribution in [3.8, 4) is 5.75 Å². The van der Waals surface area contributed by atoms with Crippen molar-refractivity contribution >= 4 is 5.96 Å². The van der Waals surface area contributed by atoms with E-state index in [-0.39, 0.29) is 0 Å². The van der Waals surface area contributed by atoms with E-state index in [1.807, 2.05) is 36.4 Å². The standard InChI is InChI=1S/C19H25N3O2/c1-20-19(21-11-12-23-2)22-14-17-9-6-10-18(13-17)24-15-16-7-4-3-5-8-16/h3-10,13H,11-12,14-15H2,1-2H3,(H2,20,21,22). The Morgan fingerprint density at radius 1 is 1.00 bits per heavy atom. The number of guanidine groups is 1. The van der Waals surface area contributed by atoms with E-state index < -0.39 is 0 Å². The Morgan fingerprint density at radius 2 is 1.79 bits per heavy atom. The van der Waals surface area contributed by atoms with Crippen LogP contribution in [0.2, 0.25) is 0 Å². The van der Waals surface area contributed by atoms with Crippen LogP contribution in [0.15, 0.2) is 59.6 Å². The quantitative estimate of drug-likeness (QED) is 0.444. The Hall–Kier alpha value is -2.53. The van der Waals surface area contributed by atoms with Crippen molar-refractivity contribution < 1.29 is 9.47 Å². The lowest BCUT2D eigenvalue weighted by molar-refractivity contribution is 0.203. The van der Waals surface area contributed by atoms with Crippen LogP contribution < -0.4 is 15.4 Å². The van der Waals surface area contributed by atoms with Gasteiger partial charge in [0.1, 0.15) is 12.4 Å². The summed E-state index contributed by atoms with van der Waals surface area (Å²) in [6.45, 7) is 2.60. The van der Waals surface area contributed by atoms with Gasteiger partial charge >= 0.3 is 0 Å². The summed E-state index contributed by atoms with van der Waals surface area (Å²) in [5.74, 6) is 1.61. The fourth-order valence-corrected chi connectivity index (χ4v) is 2.16. The highest BCUT2D eigenvalue weighted by Crippen LogP contribution is 2.15. The lowest BCUT2D eigenvalue weighted by atomic mass is 10.2. The predicted octanol–water partition coefficient (Wildman–Crippen LogP) is 2.58. The van der Waals surface area contributed by atoms with Crippen LogP contribution >= 0.6 is 0 Å². The molecule has 2 aromatic carbocycles. The molecule has 0 saturated heterocycles. The molecule has 0 unspecified atom stereocenters. The molecule has 0 atom stereocenters. The summed E-state index contributed by atoms with van der Waals surface area (Å²) < 4.78 is 10.9. The number of rotatable bonds is 8. The van der Waals surface area contributed by atoms with Gasteiger partial charge in [-0.15, -0.1) is 0 Å². The molecule has 2 aromatic rings. The molecule has 0 aliphatic heterocycles. The molecule has 0 aromatic heterocycles. The fourth-order valence-electron chi connectivity index (χ4n) is 2.16. The van der Waals surface area contributed by atoms with Crippen LogP contribution in [-0.2, 0) is 17.9 Å². The van der Waals surface area contributed by atoms with Crippen molar-refractivity contribution in [2.24, 2.45) is 4.99 Å². The highest BCUT2D eigenvalue weighted by atomic mass is 16.5. The molecule has 0 fully saturated rings. The molecule has 0 heterocycles. The lowest BCUT2D eigenvalue weighted by Crippen LogP contribution is -2.38. The van der Waals surface area contributed by atoms with E-state index in [9.17, 15) is 0 Å². The molecule has 24 heavy (non-hydrogen) atoms. The summed E-state index contributed by atoms with van der Waals surface area (Å²) in [7, 11) is 3.43. The fraction of sp³-hybridized carbons (Fsp3) is 0.316. The molecule has 2 rings (SSSR count). The summed E-state index contributed by atoms with van der Waals surface area (Å²) in [4.78, 5) is 4.18. The van der Waals surface area contributed by atoms with Gasteiger partial charge in [-0.25, -0.2) is 0 Å². The van der Waals surface area contributed by atoms with E-state index in [1.165, 1.54) is 0 Å². The minimum atomic E-state index is 0.567. The number of hydrogen-bond acceptors (Lipinski definition) is 3. The van der Waals surface area contributed by atoms with Crippen LogP contribution in [0.1, 0.15) is 11.1 Å². The van der Waals surface area contributed by atoms with E-state index in [2.05, 4.69) is 33.8 Å². The monoisotopic (exact) mass is 327 g/mol. The van der Waals surface area contributed by atoms with Crippen LogP contribution in [0.25, 0.3) is 0 Å². The van der Waals surface area contributed by atoms with E-state index in [1.54, 1.807) is 14.2 Å². The number of hydrogen-bond donors (Lipinski definition) is 2. The van der Waals surface area contributed by atoms with Gasteiger partial charge in [-0.3, -0.25) is 4.99 Å². The van der Waals surface area contributed by atoms with Crippen molar-refractivity contribution in [1.82, 2.24) is 10.6 Å². The second-order valence-corrected chi connectivity index (χ2v) is 5.27. The van der Waals surface area contributed by atoms with Crippen LogP contribution in [-0.4, -0.2) is 33.3 Å². The van der Waals surface area contributed by atoms with Gasteiger partial charge in [0.25, 0.3) is 0 Å². The number of nitrogens with one attached hydrogen (secondary N) is 2. The molecule has 128 valence electrons. The van der Waals surface area contributed by atoms with E-state index in [0.717, 1.165) is 29.4 Å². The van der Waals surface area contributed by atoms with Crippen LogP contribution in [0.5, 0.6) is 5.75 Å². The van der Waals surface area contributed by atoms with Gasteiger partial charge in [0.15, 0.2) is 5.96 Å². The minimum Gasteiger partial charge on any atom is -0.489 e. The summed E-state index contributed by atoms with van der Waals surface area (Å²) in [6.07, 6.45) is 0. The predicted molar refractivity (Wildman–Crippen MR) is 97.3 cm³/mol. The van der Waals surface area contributed by atoms with E-state index >= 15 is 0 Å². The topological polar surface area (TPSA) is 54.9 Å². The Kier molecular flexibility index (Phi) is 7.63. The van der Waals surface area contributed by atoms with Crippen LogP contribution in [0.4, 0.5) is 0 Å². The Morgan fingerprint density at radius 3 is 2.54 bits per heavy atom. The first-order chi connectivity index (χ1) is 11.8. The molecule has 0 aliphatic rings. The first-order valence-corrected chi connectivity index (χ1v) is 8.01. The molecule has 5 heteroatoms. The number of ether oxygens (including phenoxy) is 2.